The highest BCUT2D eigenvalue weighted by Gasteiger charge is 1.99. The molecular formula is C10H10N2O. The Balaban J connectivity index is 2.58. The first-order chi connectivity index (χ1) is 6.31. The minimum atomic E-state index is 0.473. The first kappa shape index (κ1) is 7.98. The van der Waals surface area contributed by atoms with Gasteiger partial charge in [0, 0.05) is 12.6 Å². The maximum atomic E-state index is 10.3. The van der Waals surface area contributed by atoms with Crippen LogP contribution in [0.2, 0.25) is 0 Å². The fourth-order valence-corrected chi connectivity index (χ4v) is 1.38. The number of hydrogen-bond donors (Lipinski definition) is 0. The van der Waals surface area contributed by atoms with Crippen LogP contribution in [0, 0.1) is 6.92 Å². The zero-order valence-electron chi connectivity index (χ0n) is 7.40. The summed E-state index contributed by atoms with van der Waals surface area (Å²) in [6.45, 7) is 1.96. The van der Waals surface area contributed by atoms with Crippen LogP contribution in [0.15, 0.2) is 24.7 Å². The van der Waals surface area contributed by atoms with E-state index in [0.717, 1.165) is 23.1 Å². The lowest BCUT2D eigenvalue weighted by molar-refractivity contribution is -0.107. The number of rotatable bonds is 2. The molecule has 0 unspecified atom stereocenters. The van der Waals surface area contributed by atoms with E-state index in [4.69, 9.17) is 0 Å². The van der Waals surface area contributed by atoms with Crippen LogP contribution in [0.3, 0.4) is 0 Å². The van der Waals surface area contributed by atoms with E-state index in [-0.39, 0.29) is 0 Å². The molecule has 13 heavy (non-hydrogen) atoms. The Morgan fingerprint density at radius 2 is 2.46 bits per heavy atom. The zero-order chi connectivity index (χ0) is 9.26. The third-order valence-electron chi connectivity index (χ3n) is 2.12. The van der Waals surface area contributed by atoms with E-state index >= 15 is 0 Å². The van der Waals surface area contributed by atoms with Gasteiger partial charge in [-0.3, -0.25) is 0 Å². The van der Waals surface area contributed by atoms with Crippen molar-refractivity contribution in [1.82, 2.24) is 9.38 Å². The van der Waals surface area contributed by atoms with Gasteiger partial charge < -0.3 is 9.20 Å². The lowest BCUT2D eigenvalue weighted by Crippen LogP contribution is -1.89. The fourth-order valence-electron chi connectivity index (χ4n) is 1.38. The van der Waals surface area contributed by atoms with Gasteiger partial charge in [0.15, 0.2) is 0 Å². The van der Waals surface area contributed by atoms with Crippen molar-refractivity contribution in [3.05, 3.63) is 35.9 Å². The smallest absolute Gasteiger partial charge is 0.124 e. The number of carbonyl (C=O) groups is 1. The number of fused-ring (bicyclic) bond motifs is 1. The molecule has 0 atom stereocenters. The Morgan fingerprint density at radius 3 is 3.23 bits per heavy atom. The minimum absolute atomic E-state index is 0.473. The van der Waals surface area contributed by atoms with Crippen molar-refractivity contribution in [3.63, 3.8) is 0 Å². The van der Waals surface area contributed by atoms with E-state index in [9.17, 15) is 4.79 Å². The van der Waals surface area contributed by atoms with E-state index < -0.39 is 0 Å². The summed E-state index contributed by atoms with van der Waals surface area (Å²) >= 11 is 0. The van der Waals surface area contributed by atoms with Gasteiger partial charge in [0.2, 0.25) is 0 Å². The molecule has 3 nitrogen and oxygen atoms in total. The lowest BCUT2D eigenvalue weighted by Gasteiger charge is -1.97. The summed E-state index contributed by atoms with van der Waals surface area (Å²) in [5, 5.41) is 0. The highest BCUT2D eigenvalue weighted by Crippen LogP contribution is 2.10. The van der Waals surface area contributed by atoms with Crippen LogP contribution < -0.4 is 0 Å². The zero-order valence-corrected chi connectivity index (χ0v) is 7.40. The van der Waals surface area contributed by atoms with Gasteiger partial charge in [0.05, 0.1) is 17.5 Å². The Hall–Kier alpha value is -1.64. The molecule has 2 rings (SSSR count). The molecule has 0 aliphatic rings. The molecule has 0 aliphatic carbocycles. The van der Waals surface area contributed by atoms with Crippen molar-refractivity contribution >= 4 is 11.8 Å². The average Bonchev–Trinajstić information content (AvgIpc) is 2.49. The number of hydrogen-bond acceptors (Lipinski definition) is 2. The largest absolute Gasteiger partial charge is 0.306 e. The summed E-state index contributed by atoms with van der Waals surface area (Å²) < 4.78 is 1.95. The Bertz CT molecular complexity index is 445. The number of carbonyl (C=O) groups excluding carboxylic acids is 1. The third kappa shape index (κ3) is 1.33. The number of aryl methyl sites for hydroxylation is 1. The summed E-state index contributed by atoms with van der Waals surface area (Å²) in [5.74, 6) is 0. The van der Waals surface area contributed by atoms with Crippen molar-refractivity contribution in [2.75, 3.05) is 0 Å². The molecule has 0 saturated carbocycles. The van der Waals surface area contributed by atoms with Gasteiger partial charge in [0.25, 0.3) is 0 Å². The van der Waals surface area contributed by atoms with Crippen molar-refractivity contribution in [2.45, 2.75) is 13.3 Å². The van der Waals surface area contributed by atoms with Gasteiger partial charge in [-0.1, -0.05) is 0 Å². The molecule has 0 radical (unpaired) electrons. The summed E-state index contributed by atoms with van der Waals surface area (Å²) in [6, 6.07) is 3.93. The van der Waals surface area contributed by atoms with Crippen molar-refractivity contribution in [2.24, 2.45) is 0 Å². The third-order valence-corrected chi connectivity index (χ3v) is 2.12. The average molecular weight is 174 g/mol. The molecule has 0 amide bonds. The molecule has 2 heterocycles. The van der Waals surface area contributed by atoms with Crippen LogP contribution >= 0.6 is 0 Å². The van der Waals surface area contributed by atoms with E-state index in [2.05, 4.69) is 4.98 Å². The van der Waals surface area contributed by atoms with Gasteiger partial charge >= 0.3 is 0 Å². The minimum Gasteiger partial charge on any atom is -0.306 e. The van der Waals surface area contributed by atoms with E-state index in [1.165, 1.54) is 0 Å². The van der Waals surface area contributed by atoms with E-state index in [0.29, 0.717) is 6.42 Å². The second-order valence-corrected chi connectivity index (χ2v) is 3.03. The molecule has 2 aromatic heterocycles. The van der Waals surface area contributed by atoms with Crippen molar-refractivity contribution in [3.8, 4) is 0 Å². The molecule has 2 aromatic rings. The Morgan fingerprint density at radius 1 is 1.62 bits per heavy atom. The van der Waals surface area contributed by atoms with E-state index in [1.54, 1.807) is 6.33 Å². The van der Waals surface area contributed by atoms with Crippen LogP contribution in [0.4, 0.5) is 0 Å². The van der Waals surface area contributed by atoms with Crippen LogP contribution in [0.5, 0.6) is 0 Å². The number of pyridine rings is 1. The maximum Gasteiger partial charge on any atom is 0.124 e. The summed E-state index contributed by atoms with van der Waals surface area (Å²) in [6.07, 6.45) is 5.09. The standard InChI is InChI=1S/C10H10N2O/c1-8-10-6-9(3-5-13)2-4-12(10)7-11-8/h2,4-7H,3H2,1H3. The number of imidazole rings is 1. The number of nitrogens with zero attached hydrogens (tertiary/aromatic N) is 2. The maximum absolute atomic E-state index is 10.3. The predicted octanol–water partition coefficient (Wildman–Crippen LogP) is 1.38. The molecule has 0 spiro atoms. The molecule has 3 heteroatoms. The van der Waals surface area contributed by atoms with Crippen LogP contribution in [-0.4, -0.2) is 15.7 Å². The highest BCUT2D eigenvalue weighted by molar-refractivity contribution is 5.59. The topological polar surface area (TPSA) is 34.4 Å². The summed E-state index contributed by atoms with van der Waals surface area (Å²) in [4.78, 5) is 14.5. The quantitative estimate of drug-likeness (QED) is 0.645. The molecule has 0 aromatic carbocycles. The van der Waals surface area contributed by atoms with Crippen molar-refractivity contribution in [1.29, 1.82) is 0 Å². The molecule has 0 aliphatic heterocycles. The molecule has 0 saturated heterocycles. The molecule has 0 N–H and O–H groups in total. The van der Waals surface area contributed by atoms with Gasteiger partial charge in [-0.2, -0.15) is 0 Å². The van der Waals surface area contributed by atoms with Crippen LogP contribution in [0.1, 0.15) is 11.3 Å². The van der Waals surface area contributed by atoms with E-state index in [1.807, 2.05) is 29.7 Å². The summed E-state index contributed by atoms with van der Waals surface area (Å²) in [7, 11) is 0. The van der Waals surface area contributed by atoms with Crippen LogP contribution in [-0.2, 0) is 11.2 Å². The van der Waals surface area contributed by atoms with Gasteiger partial charge in [-0.25, -0.2) is 4.98 Å². The SMILES string of the molecule is Cc1ncn2ccc(CC=O)cc12. The number of aromatic nitrogens is 2. The lowest BCUT2D eigenvalue weighted by atomic mass is 10.2. The second-order valence-electron chi connectivity index (χ2n) is 3.03. The van der Waals surface area contributed by atoms with Crippen molar-refractivity contribution < 1.29 is 4.79 Å². The van der Waals surface area contributed by atoms with Crippen LogP contribution in [0.25, 0.3) is 5.52 Å². The fraction of sp³-hybridized carbons (Fsp3) is 0.200. The van der Waals surface area contributed by atoms with Gasteiger partial charge in [-0.05, 0) is 24.6 Å². The molecule has 0 bridgehead atoms. The summed E-state index contributed by atoms with van der Waals surface area (Å²) in [5.41, 5.74) is 3.10. The normalized spacial score (nSPS) is 10.5. The van der Waals surface area contributed by atoms with Gasteiger partial charge in [0.1, 0.15) is 6.29 Å². The van der Waals surface area contributed by atoms with Gasteiger partial charge in [-0.15, -0.1) is 0 Å². The second kappa shape index (κ2) is 3.01. The first-order valence-corrected chi connectivity index (χ1v) is 4.17. The number of aldehydes is 1. The monoisotopic (exact) mass is 174 g/mol. The predicted molar refractivity (Wildman–Crippen MR) is 49.7 cm³/mol. The molecular weight excluding hydrogens is 164 g/mol. The Labute approximate surface area is 76.0 Å². The first-order valence-electron chi connectivity index (χ1n) is 4.17. The Kier molecular flexibility index (Phi) is 1.85. The molecule has 0 fully saturated rings. The molecule has 66 valence electrons. The highest BCUT2D eigenvalue weighted by atomic mass is 16.1.